The predicted octanol–water partition coefficient (Wildman–Crippen LogP) is 3.09. The van der Waals surface area contributed by atoms with Crippen molar-refractivity contribution < 1.29 is 0 Å². The number of aromatic nitrogens is 4. The molecule has 0 bridgehead atoms. The van der Waals surface area contributed by atoms with Gasteiger partial charge in [-0.1, -0.05) is 43.7 Å². The number of rotatable bonds is 6. The lowest BCUT2D eigenvalue weighted by Crippen LogP contribution is -2.48. The Morgan fingerprint density at radius 2 is 1.73 bits per heavy atom. The SMILES string of the molecule is CCC[C@@H](c1nnnn1C(C)(C)C)N1CCN(Cc2ccccc2)CC1. The van der Waals surface area contributed by atoms with E-state index in [1.807, 2.05) is 4.68 Å². The minimum Gasteiger partial charge on any atom is -0.297 e. The van der Waals surface area contributed by atoms with Gasteiger partial charge in [0.05, 0.1) is 11.6 Å². The third-order valence-electron chi connectivity index (χ3n) is 5.09. The molecule has 1 aromatic heterocycles. The molecule has 2 heterocycles. The second-order valence-electron chi connectivity index (χ2n) is 8.22. The van der Waals surface area contributed by atoms with Gasteiger partial charge in [-0.15, -0.1) is 5.10 Å². The van der Waals surface area contributed by atoms with E-state index in [-0.39, 0.29) is 5.54 Å². The van der Waals surface area contributed by atoms with Crippen LogP contribution in [0.2, 0.25) is 0 Å². The van der Waals surface area contributed by atoms with E-state index in [0.29, 0.717) is 6.04 Å². The number of hydrogen-bond donors (Lipinski definition) is 0. The summed E-state index contributed by atoms with van der Waals surface area (Å²) in [7, 11) is 0. The fourth-order valence-electron chi connectivity index (χ4n) is 3.70. The van der Waals surface area contributed by atoms with Crippen LogP contribution in [0.3, 0.4) is 0 Å². The number of piperazine rings is 1. The van der Waals surface area contributed by atoms with Gasteiger partial charge in [-0.05, 0) is 43.2 Å². The third-order valence-corrected chi connectivity index (χ3v) is 5.09. The molecule has 1 saturated heterocycles. The van der Waals surface area contributed by atoms with Crippen molar-refractivity contribution >= 4 is 0 Å². The Hall–Kier alpha value is -1.79. The Morgan fingerprint density at radius 1 is 1.04 bits per heavy atom. The zero-order valence-corrected chi connectivity index (χ0v) is 16.6. The summed E-state index contributed by atoms with van der Waals surface area (Å²) < 4.78 is 2.00. The summed E-state index contributed by atoms with van der Waals surface area (Å²) in [4.78, 5) is 5.11. The molecular formula is C20H32N6. The molecule has 0 N–H and O–H groups in total. The van der Waals surface area contributed by atoms with E-state index in [4.69, 9.17) is 0 Å². The van der Waals surface area contributed by atoms with Crippen molar-refractivity contribution in [1.29, 1.82) is 0 Å². The summed E-state index contributed by atoms with van der Waals surface area (Å²) in [5, 5.41) is 12.7. The first-order chi connectivity index (χ1) is 12.5. The predicted molar refractivity (Wildman–Crippen MR) is 104 cm³/mol. The average molecular weight is 357 g/mol. The minimum absolute atomic E-state index is 0.0973. The lowest BCUT2D eigenvalue weighted by molar-refractivity contribution is 0.0795. The number of nitrogens with zero attached hydrogens (tertiary/aromatic N) is 6. The van der Waals surface area contributed by atoms with Gasteiger partial charge in [0.2, 0.25) is 0 Å². The zero-order chi connectivity index (χ0) is 18.6. The minimum atomic E-state index is -0.0973. The van der Waals surface area contributed by atoms with Crippen molar-refractivity contribution in [2.45, 2.75) is 58.7 Å². The summed E-state index contributed by atoms with van der Waals surface area (Å²) in [6.07, 6.45) is 2.22. The molecular weight excluding hydrogens is 324 g/mol. The van der Waals surface area contributed by atoms with Gasteiger partial charge in [-0.3, -0.25) is 9.80 Å². The van der Waals surface area contributed by atoms with Crippen LogP contribution in [0.4, 0.5) is 0 Å². The van der Waals surface area contributed by atoms with Gasteiger partial charge in [-0.2, -0.15) is 0 Å². The van der Waals surface area contributed by atoms with Crippen LogP contribution in [0.25, 0.3) is 0 Å². The second kappa shape index (κ2) is 8.27. The molecule has 1 aromatic carbocycles. The number of benzene rings is 1. The normalized spacial score (nSPS) is 18.2. The highest BCUT2D eigenvalue weighted by molar-refractivity contribution is 5.14. The van der Waals surface area contributed by atoms with Crippen LogP contribution in [0.5, 0.6) is 0 Å². The number of hydrogen-bond acceptors (Lipinski definition) is 5. The van der Waals surface area contributed by atoms with Gasteiger partial charge in [0.25, 0.3) is 0 Å². The molecule has 6 heteroatoms. The standard InChI is InChI=1S/C20H32N6/c1-5-9-18(19-21-22-23-26(19)20(2,3)4)25-14-12-24(13-15-25)16-17-10-7-6-8-11-17/h6-8,10-11,18H,5,9,12-16H2,1-4H3/t18-/m0/s1. The van der Waals surface area contributed by atoms with Crippen LogP contribution in [0.1, 0.15) is 58.0 Å². The van der Waals surface area contributed by atoms with Crippen LogP contribution in [0.15, 0.2) is 30.3 Å². The Morgan fingerprint density at radius 3 is 2.35 bits per heavy atom. The van der Waals surface area contributed by atoms with E-state index in [9.17, 15) is 0 Å². The van der Waals surface area contributed by atoms with Crippen molar-refractivity contribution in [3.63, 3.8) is 0 Å². The molecule has 1 aliphatic heterocycles. The smallest absolute Gasteiger partial charge is 0.168 e. The molecule has 0 unspecified atom stereocenters. The fourth-order valence-corrected chi connectivity index (χ4v) is 3.70. The van der Waals surface area contributed by atoms with Crippen molar-refractivity contribution in [2.24, 2.45) is 0 Å². The lowest BCUT2D eigenvalue weighted by atomic mass is 10.0. The summed E-state index contributed by atoms with van der Waals surface area (Å²) in [6.45, 7) is 14.1. The molecule has 1 aliphatic rings. The molecule has 2 aromatic rings. The first-order valence-electron chi connectivity index (χ1n) is 9.78. The highest BCUT2D eigenvalue weighted by Crippen LogP contribution is 2.28. The van der Waals surface area contributed by atoms with Gasteiger partial charge in [0.1, 0.15) is 0 Å². The maximum atomic E-state index is 4.41. The molecule has 0 spiro atoms. The quantitative estimate of drug-likeness (QED) is 0.796. The molecule has 6 nitrogen and oxygen atoms in total. The summed E-state index contributed by atoms with van der Waals surface area (Å²) in [6, 6.07) is 11.0. The van der Waals surface area contributed by atoms with Gasteiger partial charge in [-0.25, -0.2) is 4.68 Å². The van der Waals surface area contributed by atoms with Crippen LogP contribution in [-0.4, -0.2) is 56.2 Å². The average Bonchev–Trinajstić information content (AvgIpc) is 3.11. The lowest BCUT2D eigenvalue weighted by Gasteiger charge is -2.39. The molecule has 3 rings (SSSR count). The second-order valence-corrected chi connectivity index (χ2v) is 8.22. The Balaban J connectivity index is 1.67. The van der Waals surface area contributed by atoms with Crippen molar-refractivity contribution in [3.8, 4) is 0 Å². The first kappa shape index (κ1) is 19.0. The Labute approximate surface area is 157 Å². The van der Waals surface area contributed by atoms with Gasteiger partial charge < -0.3 is 0 Å². The van der Waals surface area contributed by atoms with E-state index in [2.05, 4.69) is 83.4 Å². The maximum Gasteiger partial charge on any atom is 0.168 e. The molecule has 1 fully saturated rings. The van der Waals surface area contributed by atoms with Gasteiger partial charge in [0, 0.05) is 32.7 Å². The third kappa shape index (κ3) is 4.48. The van der Waals surface area contributed by atoms with Gasteiger partial charge in [0.15, 0.2) is 5.82 Å². The van der Waals surface area contributed by atoms with Crippen molar-refractivity contribution in [2.75, 3.05) is 26.2 Å². The van der Waals surface area contributed by atoms with E-state index in [1.54, 1.807) is 0 Å². The molecule has 142 valence electrons. The van der Waals surface area contributed by atoms with Crippen LogP contribution < -0.4 is 0 Å². The molecule has 0 amide bonds. The molecule has 26 heavy (non-hydrogen) atoms. The molecule has 0 aliphatic carbocycles. The topological polar surface area (TPSA) is 50.1 Å². The van der Waals surface area contributed by atoms with Crippen LogP contribution in [-0.2, 0) is 12.1 Å². The Bertz CT molecular complexity index is 667. The van der Waals surface area contributed by atoms with E-state index < -0.39 is 0 Å². The zero-order valence-electron chi connectivity index (χ0n) is 16.6. The summed E-state index contributed by atoms with van der Waals surface area (Å²) in [5.74, 6) is 1.01. The van der Waals surface area contributed by atoms with Crippen LogP contribution in [0, 0.1) is 0 Å². The summed E-state index contributed by atoms with van der Waals surface area (Å²) >= 11 is 0. The Kier molecular flexibility index (Phi) is 6.04. The van der Waals surface area contributed by atoms with E-state index >= 15 is 0 Å². The van der Waals surface area contributed by atoms with Crippen molar-refractivity contribution in [3.05, 3.63) is 41.7 Å². The highest BCUT2D eigenvalue weighted by atomic mass is 15.6. The maximum absolute atomic E-state index is 4.41. The summed E-state index contributed by atoms with van der Waals surface area (Å²) in [5.41, 5.74) is 1.29. The van der Waals surface area contributed by atoms with E-state index in [1.165, 1.54) is 5.56 Å². The first-order valence-corrected chi connectivity index (χ1v) is 9.78. The fraction of sp³-hybridized carbons (Fsp3) is 0.650. The van der Waals surface area contributed by atoms with Gasteiger partial charge >= 0.3 is 0 Å². The monoisotopic (exact) mass is 356 g/mol. The molecule has 0 saturated carbocycles. The van der Waals surface area contributed by atoms with Crippen molar-refractivity contribution in [1.82, 2.24) is 30.0 Å². The van der Waals surface area contributed by atoms with E-state index in [0.717, 1.165) is 51.4 Å². The highest BCUT2D eigenvalue weighted by Gasteiger charge is 2.31. The molecule has 0 radical (unpaired) electrons. The van der Waals surface area contributed by atoms with Crippen LogP contribution >= 0.6 is 0 Å². The largest absolute Gasteiger partial charge is 0.297 e. The molecule has 1 atom stereocenters. The number of tetrazole rings is 1.